The van der Waals surface area contributed by atoms with Gasteiger partial charge in [-0.3, -0.25) is 0 Å². The van der Waals surface area contributed by atoms with Crippen LogP contribution in [0.3, 0.4) is 0 Å². The van der Waals surface area contributed by atoms with Gasteiger partial charge in [-0.2, -0.15) is 0 Å². The predicted octanol–water partition coefficient (Wildman–Crippen LogP) is 1.37. The fraction of sp³-hybridized carbons (Fsp3) is 0.100. The summed E-state index contributed by atoms with van der Waals surface area (Å²) in [6.07, 6.45) is 1.18. The van der Waals surface area contributed by atoms with Gasteiger partial charge in [0.05, 0.1) is 6.20 Å². The van der Waals surface area contributed by atoms with Crippen LogP contribution in [0.5, 0.6) is 5.88 Å². The van der Waals surface area contributed by atoms with Gasteiger partial charge in [-0.1, -0.05) is 6.07 Å². The maximum absolute atomic E-state index is 11.0. The van der Waals surface area contributed by atoms with Crippen LogP contribution in [0.2, 0.25) is 0 Å². The summed E-state index contributed by atoms with van der Waals surface area (Å²) in [5.41, 5.74) is 0. The monoisotopic (exact) mass is 270 g/mol. The quantitative estimate of drug-likeness (QED) is 0.909. The summed E-state index contributed by atoms with van der Waals surface area (Å²) in [4.78, 5) is 4.91. The maximum atomic E-state index is 11.0. The third-order valence-corrected chi connectivity index (χ3v) is 3.73. The van der Waals surface area contributed by atoms with Crippen molar-refractivity contribution in [2.24, 2.45) is 5.14 Å². The molecule has 2 aromatic heterocycles. The summed E-state index contributed by atoms with van der Waals surface area (Å²) in [7, 11) is -3.69. The Morgan fingerprint density at radius 3 is 2.71 bits per heavy atom. The highest BCUT2D eigenvalue weighted by Gasteiger charge is 2.08. The number of hydrogen-bond acceptors (Lipinski definition) is 5. The van der Waals surface area contributed by atoms with E-state index >= 15 is 0 Å². The molecule has 0 atom stereocenters. The third kappa shape index (κ3) is 3.26. The maximum Gasteiger partial charge on any atom is 0.239 e. The van der Waals surface area contributed by atoms with Gasteiger partial charge in [-0.25, -0.2) is 18.5 Å². The van der Waals surface area contributed by atoms with Crippen molar-refractivity contribution in [1.29, 1.82) is 0 Å². The highest BCUT2D eigenvalue weighted by Crippen LogP contribution is 2.14. The topological polar surface area (TPSA) is 82.3 Å². The zero-order valence-electron chi connectivity index (χ0n) is 8.74. The lowest BCUT2D eigenvalue weighted by molar-refractivity contribution is 0.297. The van der Waals surface area contributed by atoms with Gasteiger partial charge >= 0.3 is 0 Å². The average molecular weight is 270 g/mol. The zero-order chi connectivity index (χ0) is 12.3. The van der Waals surface area contributed by atoms with E-state index in [0.29, 0.717) is 12.5 Å². The summed E-state index contributed by atoms with van der Waals surface area (Å²) in [5.74, 6) is 0.366. The van der Waals surface area contributed by atoms with E-state index in [-0.39, 0.29) is 4.90 Å². The Bertz CT molecular complexity index is 577. The number of thiophene rings is 1. The molecule has 90 valence electrons. The minimum Gasteiger partial charge on any atom is -0.472 e. The van der Waals surface area contributed by atoms with Crippen molar-refractivity contribution in [2.75, 3.05) is 0 Å². The molecule has 2 N–H and O–H groups in total. The van der Waals surface area contributed by atoms with Gasteiger partial charge in [-0.15, -0.1) is 11.3 Å². The first-order chi connectivity index (χ1) is 8.05. The van der Waals surface area contributed by atoms with Crippen molar-refractivity contribution in [1.82, 2.24) is 4.98 Å². The normalized spacial score (nSPS) is 11.4. The number of nitrogens with two attached hydrogens (primary N) is 1. The molecule has 0 aromatic carbocycles. The number of hydrogen-bond donors (Lipinski definition) is 1. The molecule has 0 aliphatic rings. The van der Waals surface area contributed by atoms with E-state index in [1.807, 2.05) is 17.5 Å². The standard InChI is InChI=1S/C10H10N2O3S2/c11-17(13,14)9-3-4-10(12-6-9)15-7-8-2-1-5-16-8/h1-6H,7H2,(H2,11,13,14). The van der Waals surface area contributed by atoms with Crippen LogP contribution in [0.15, 0.2) is 40.7 Å². The molecule has 0 unspecified atom stereocenters. The van der Waals surface area contributed by atoms with Crippen LogP contribution < -0.4 is 9.88 Å². The molecule has 2 heterocycles. The van der Waals surface area contributed by atoms with Crippen LogP contribution >= 0.6 is 11.3 Å². The highest BCUT2D eigenvalue weighted by atomic mass is 32.2. The van der Waals surface area contributed by atoms with Gasteiger partial charge in [0.25, 0.3) is 0 Å². The van der Waals surface area contributed by atoms with Crippen LogP contribution in [0.1, 0.15) is 4.88 Å². The minimum absolute atomic E-state index is 0.0269. The lowest BCUT2D eigenvalue weighted by atomic mass is 10.5. The van der Waals surface area contributed by atoms with Gasteiger partial charge in [0, 0.05) is 10.9 Å². The second-order valence-electron chi connectivity index (χ2n) is 3.25. The summed E-state index contributed by atoms with van der Waals surface area (Å²) in [5, 5.41) is 6.91. The molecule has 0 saturated carbocycles. The first-order valence-electron chi connectivity index (χ1n) is 4.70. The van der Waals surface area contributed by atoms with Crippen molar-refractivity contribution >= 4 is 21.4 Å². The molecule has 2 rings (SSSR count). The molecule has 0 bridgehead atoms. The van der Waals surface area contributed by atoms with Crippen molar-refractivity contribution in [3.05, 3.63) is 40.7 Å². The minimum atomic E-state index is -3.69. The van der Waals surface area contributed by atoms with Crippen LogP contribution in [0.25, 0.3) is 0 Å². The fourth-order valence-electron chi connectivity index (χ4n) is 1.16. The molecule has 0 radical (unpaired) electrons. The van der Waals surface area contributed by atoms with E-state index in [2.05, 4.69) is 4.98 Å². The van der Waals surface area contributed by atoms with Crippen molar-refractivity contribution in [3.63, 3.8) is 0 Å². The van der Waals surface area contributed by atoms with E-state index in [4.69, 9.17) is 9.88 Å². The van der Waals surface area contributed by atoms with E-state index < -0.39 is 10.0 Å². The molecular weight excluding hydrogens is 260 g/mol. The largest absolute Gasteiger partial charge is 0.472 e. The Morgan fingerprint density at radius 2 is 2.18 bits per heavy atom. The van der Waals surface area contributed by atoms with E-state index in [0.717, 1.165) is 4.88 Å². The molecule has 0 aliphatic carbocycles. The Labute approximate surface area is 103 Å². The molecule has 17 heavy (non-hydrogen) atoms. The number of ether oxygens (including phenoxy) is 1. The first kappa shape index (κ1) is 12.0. The Morgan fingerprint density at radius 1 is 1.35 bits per heavy atom. The zero-order valence-corrected chi connectivity index (χ0v) is 10.4. The lowest BCUT2D eigenvalue weighted by Crippen LogP contribution is -2.12. The van der Waals surface area contributed by atoms with Crippen LogP contribution in [0.4, 0.5) is 0 Å². The first-order valence-corrected chi connectivity index (χ1v) is 7.12. The molecule has 2 aromatic rings. The summed E-state index contributed by atoms with van der Waals surface area (Å²) >= 11 is 1.58. The third-order valence-electron chi connectivity index (χ3n) is 1.98. The molecular formula is C10H10N2O3S2. The number of nitrogens with zero attached hydrogens (tertiary/aromatic N) is 1. The summed E-state index contributed by atoms with van der Waals surface area (Å²) < 4.78 is 27.4. The number of rotatable bonds is 4. The number of pyridine rings is 1. The second kappa shape index (κ2) is 4.82. The Balaban J connectivity index is 2.04. The molecule has 0 fully saturated rings. The Kier molecular flexibility index (Phi) is 3.41. The van der Waals surface area contributed by atoms with Crippen molar-refractivity contribution in [2.45, 2.75) is 11.5 Å². The molecule has 7 heteroatoms. The van der Waals surface area contributed by atoms with E-state index in [9.17, 15) is 8.42 Å². The summed E-state index contributed by atoms with van der Waals surface area (Å²) in [6, 6.07) is 6.73. The highest BCUT2D eigenvalue weighted by molar-refractivity contribution is 7.89. The molecule has 0 aliphatic heterocycles. The smallest absolute Gasteiger partial charge is 0.239 e. The van der Waals surface area contributed by atoms with E-state index in [1.54, 1.807) is 11.3 Å². The number of primary sulfonamides is 1. The number of sulfonamides is 1. The van der Waals surface area contributed by atoms with Gasteiger partial charge in [0.2, 0.25) is 15.9 Å². The molecule has 0 amide bonds. The second-order valence-corrected chi connectivity index (χ2v) is 5.84. The molecule has 0 spiro atoms. The fourth-order valence-corrected chi connectivity index (χ4v) is 2.23. The van der Waals surface area contributed by atoms with Crippen molar-refractivity contribution in [3.8, 4) is 5.88 Å². The Hall–Kier alpha value is -1.44. The van der Waals surface area contributed by atoms with Gasteiger partial charge in [-0.05, 0) is 17.5 Å². The van der Waals surface area contributed by atoms with Crippen LogP contribution in [-0.4, -0.2) is 13.4 Å². The predicted molar refractivity (Wildman–Crippen MR) is 64.3 cm³/mol. The SMILES string of the molecule is NS(=O)(=O)c1ccc(OCc2cccs2)nc1. The van der Waals surface area contributed by atoms with Crippen LogP contribution in [0, 0.1) is 0 Å². The van der Waals surface area contributed by atoms with Gasteiger partial charge in [0.15, 0.2) is 0 Å². The average Bonchev–Trinajstić information content (AvgIpc) is 2.78. The summed E-state index contributed by atoms with van der Waals surface area (Å²) in [6.45, 7) is 0.416. The molecule has 5 nitrogen and oxygen atoms in total. The van der Waals surface area contributed by atoms with Crippen molar-refractivity contribution < 1.29 is 13.2 Å². The molecule has 0 saturated heterocycles. The van der Waals surface area contributed by atoms with E-state index in [1.165, 1.54) is 18.3 Å². The van der Waals surface area contributed by atoms with Crippen LogP contribution in [-0.2, 0) is 16.6 Å². The number of aromatic nitrogens is 1. The van der Waals surface area contributed by atoms with Gasteiger partial charge in [0.1, 0.15) is 11.5 Å². The van der Waals surface area contributed by atoms with Gasteiger partial charge < -0.3 is 4.74 Å². The lowest BCUT2D eigenvalue weighted by Gasteiger charge is -2.03.